The van der Waals surface area contributed by atoms with Crippen LogP contribution in [0.25, 0.3) is 0 Å². The van der Waals surface area contributed by atoms with Crippen LogP contribution in [0.4, 0.5) is 0 Å². The van der Waals surface area contributed by atoms with Gasteiger partial charge in [-0.3, -0.25) is 0 Å². The minimum atomic E-state index is -0.287. The van der Waals surface area contributed by atoms with Crippen LogP contribution in [-0.2, 0) is 14.9 Å². The smallest absolute Gasteiger partial charge is 0.148 e. The minimum absolute atomic E-state index is 0.0426. The van der Waals surface area contributed by atoms with Crippen LogP contribution in [0.2, 0.25) is 0 Å². The maximum atomic E-state index is 9.63. The molecule has 25 heavy (non-hydrogen) atoms. The molecule has 134 valence electrons. The lowest BCUT2D eigenvalue weighted by molar-refractivity contribution is 0.0121. The summed E-state index contributed by atoms with van der Waals surface area (Å²) in [4.78, 5) is 0. The van der Waals surface area contributed by atoms with E-state index in [1.165, 1.54) is 0 Å². The first kappa shape index (κ1) is 17.8. The zero-order valence-electron chi connectivity index (χ0n) is 15.0. The molecule has 1 aliphatic heterocycles. The highest BCUT2D eigenvalue weighted by atomic mass is 16.7. The van der Waals surface area contributed by atoms with E-state index >= 15 is 0 Å². The van der Waals surface area contributed by atoms with Crippen molar-refractivity contribution in [1.29, 1.82) is 0 Å². The first-order valence-electron chi connectivity index (χ1n) is 8.66. The van der Waals surface area contributed by atoms with Gasteiger partial charge in [-0.1, -0.05) is 31.2 Å². The zero-order chi connectivity index (χ0) is 18.1. The number of hydrogen-bond donors (Lipinski definition) is 2. The molecule has 0 aliphatic carbocycles. The van der Waals surface area contributed by atoms with Gasteiger partial charge in [-0.25, -0.2) is 0 Å². The van der Waals surface area contributed by atoms with E-state index in [0.29, 0.717) is 6.79 Å². The van der Waals surface area contributed by atoms with Crippen molar-refractivity contribution >= 4 is 0 Å². The second-order valence-electron chi connectivity index (χ2n) is 7.49. The monoisotopic (exact) mass is 342 g/mol. The molecule has 1 saturated heterocycles. The topological polar surface area (TPSA) is 58.9 Å². The predicted octanol–water partition coefficient (Wildman–Crippen LogP) is 4.34. The van der Waals surface area contributed by atoms with E-state index in [9.17, 15) is 10.2 Å². The Morgan fingerprint density at radius 3 is 1.84 bits per heavy atom. The van der Waals surface area contributed by atoms with Gasteiger partial charge in [0.05, 0.1) is 11.7 Å². The standard InChI is InChI=1S/C21H26O4/c1-20(2)19(24-14-25-20)12-13-21(3,15-4-8-17(22)9-5-15)16-6-10-18(23)11-7-16/h4-11,19,22-23H,12-14H2,1-3H3. The fourth-order valence-electron chi connectivity index (χ4n) is 3.53. The van der Waals surface area contributed by atoms with E-state index in [0.717, 1.165) is 24.0 Å². The summed E-state index contributed by atoms with van der Waals surface area (Å²) in [6, 6.07) is 14.7. The predicted molar refractivity (Wildman–Crippen MR) is 96.8 cm³/mol. The van der Waals surface area contributed by atoms with Crippen LogP contribution < -0.4 is 0 Å². The van der Waals surface area contributed by atoms with Crippen LogP contribution in [0.1, 0.15) is 44.7 Å². The Labute approximate surface area is 149 Å². The van der Waals surface area contributed by atoms with Crippen molar-refractivity contribution in [3.05, 3.63) is 59.7 Å². The molecule has 0 amide bonds. The van der Waals surface area contributed by atoms with E-state index in [1.807, 2.05) is 24.3 Å². The van der Waals surface area contributed by atoms with Crippen molar-refractivity contribution in [1.82, 2.24) is 0 Å². The quantitative estimate of drug-likeness (QED) is 0.849. The summed E-state index contributed by atoms with van der Waals surface area (Å²) in [5.41, 5.74) is 1.69. The number of phenols is 2. The van der Waals surface area contributed by atoms with E-state index in [-0.39, 0.29) is 28.6 Å². The van der Waals surface area contributed by atoms with Crippen molar-refractivity contribution in [2.45, 2.75) is 50.7 Å². The third kappa shape index (κ3) is 3.65. The average molecular weight is 342 g/mol. The van der Waals surface area contributed by atoms with Crippen LogP contribution >= 0.6 is 0 Å². The molecular weight excluding hydrogens is 316 g/mol. The fraction of sp³-hybridized carbons (Fsp3) is 0.429. The van der Waals surface area contributed by atoms with Crippen LogP contribution in [0.5, 0.6) is 11.5 Å². The lowest BCUT2D eigenvalue weighted by Crippen LogP contribution is -2.35. The Balaban J connectivity index is 1.91. The van der Waals surface area contributed by atoms with Crippen molar-refractivity contribution in [3.8, 4) is 11.5 Å². The van der Waals surface area contributed by atoms with E-state index in [1.54, 1.807) is 24.3 Å². The first-order valence-corrected chi connectivity index (χ1v) is 8.66. The SMILES string of the molecule is CC(CCC1OCOC1(C)C)(c1ccc(O)cc1)c1ccc(O)cc1. The molecule has 0 bridgehead atoms. The molecule has 0 radical (unpaired) electrons. The highest BCUT2D eigenvalue weighted by Gasteiger charge is 2.39. The molecular formula is C21H26O4. The zero-order valence-corrected chi connectivity index (χ0v) is 15.0. The van der Waals surface area contributed by atoms with Gasteiger partial charge in [0.1, 0.15) is 18.3 Å². The van der Waals surface area contributed by atoms with E-state index in [4.69, 9.17) is 9.47 Å². The first-order chi connectivity index (χ1) is 11.8. The molecule has 1 unspecified atom stereocenters. The molecule has 2 aromatic rings. The second kappa shape index (κ2) is 6.70. The summed E-state index contributed by atoms with van der Waals surface area (Å²) in [5.74, 6) is 0.510. The average Bonchev–Trinajstić information content (AvgIpc) is 2.92. The summed E-state index contributed by atoms with van der Waals surface area (Å²) in [5, 5.41) is 19.3. The van der Waals surface area contributed by atoms with Crippen molar-refractivity contribution in [2.24, 2.45) is 0 Å². The molecule has 2 aromatic carbocycles. The maximum absolute atomic E-state index is 9.63. The highest BCUT2D eigenvalue weighted by Crippen LogP contribution is 2.40. The Morgan fingerprint density at radius 1 is 0.960 bits per heavy atom. The van der Waals surface area contributed by atoms with Gasteiger partial charge < -0.3 is 19.7 Å². The van der Waals surface area contributed by atoms with Crippen molar-refractivity contribution < 1.29 is 19.7 Å². The summed E-state index contributed by atoms with van der Waals surface area (Å²) in [6.07, 6.45) is 1.76. The molecule has 2 N–H and O–H groups in total. The van der Waals surface area contributed by atoms with Gasteiger partial charge in [0.15, 0.2) is 0 Å². The number of hydrogen-bond acceptors (Lipinski definition) is 4. The third-order valence-electron chi connectivity index (χ3n) is 5.39. The van der Waals surface area contributed by atoms with Gasteiger partial charge >= 0.3 is 0 Å². The van der Waals surface area contributed by atoms with Gasteiger partial charge in [0, 0.05) is 5.41 Å². The fourth-order valence-corrected chi connectivity index (χ4v) is 3.53. The van der Waals surface area contributed by atoms with Crippen LogP contribution in [0, 0.1) is 0 Å². The molecule has 0 spiro atoms. The van der Waals surface area contributed by atoms with Gasteiger partial charge in [0.25, 0.3) is 0 Å². The Hall–Kier alpha value is -2.04. The van der Waals surface area contributed by atoms with E-state index in [2.05, 4.69) is 20.8 Å². The van der Waals surface area contributed by atoms with Gasteiger partial charge in [-0.15, -0.1) is 0 Å². The molecule has 4 nitrogen and oxygen atoms in total. The van der Waals surface area contributed by atoms with Crippen molar-refractivity contribution in [3.63, 3.8) is 0 Å². The normalized spacial score (nSPS) is 19.9. The van der Waals surface area contributed by atoms with Crippen molar-refractivity contribution in [2.75, 3.05) is 6.79 Å². The Bertz CT molecular complexity index is 658. The van der Waals surface area contributed by atoms with Gasteiger partial charge in [-0.2, -0.15) is 0 Å². The number of ether oxygens (including phenoxy) is 2. The summed E-state index contributed by atoms with van der Waals surface area (Å²) < 4.78 is 11.4. The van der Waals surface area contributed by atoms with Crippen LogP contribution in [0.3, 0.4) is 0 Å². The summed E-state index contributed by atoms with van der Waals surface area (Å²) >= 11 is 0. The molecule has 0 aromatic heterocycles. The molecule has 0 saturated carbocycles. The molecule has 1 atom stereocenters. The van der Waals surface area contributed by atoms with Crippen LogP contribution in [0.15, 0.2) is 48.5 Å². The number of aromatic hydroxyl groups is 2. The van der Waals surface area contributed by atoms with E-state index < -0.39 is 0 Å². The van der Waals surface area contributed by atoms with Crippen LogP contribution in [-0.4, -0.2) is 28.7 Å². The largest absolute Gasteiger partial charge is 0.508 e. The molecule has 1 heterocycles. The Morgan fingerprint density at radius 2 is 1.44 bits per heavy atom. The molecule has 1 aliphatic rings. The lowest BCUT2D eigenvalue weighted by atomic mass is 9.72. The lowest BCUT2D eigenvalue weighted by Gasteiger charge is -2.34. The minimum Gasteiger partial charge on any atom is -0.508 e. The maximum Gasteiger partial charge on any atom is 0.148 e. The Kier molecular flexibility index (Phi) is 4.76. The molecule has 3 rings (SSSR count). The second-order valence-corrected chi connectivity index (χ2v) is 7.49. The van der Waals surface area contributed by atoms with Gasteiger partial charge in [0.2, 0.25) is 0 Å². The third-order valence-corrected chi connectivity index (χ3v) is 5.39. The number of benzene rings is 2. The highest BCUT2D eigenvalue weighted by molar-refractivity contribution is 5.42. The number of rotatable bonds is 5. The van der Waals surface area contributed by atoms with Gasteiger partial charge in [-0.05, 0) is 62.1 Å². The summed E-state index contributed by atoms with van der Waals surface area (Å²) in [6.45, 7) is 6.65. The molecule has 1 fully saturated rings. The molecule has 4 heteroatoms. The summed E-state index contributed by atoms with van der Waals surface area (Å²) in [7, 11) is 0. The number of phenolic OH excluding ortho intramolecular Hbond substituents is 2.